The summed E-state index contributed by atoms with van der Waals surface area (Å²) in [6.45, 7) is 2.66. The smallest absolute Gasteiger partial charge is 0.140 e. The third-order valence-corrected chi connectivity index (χ3v) is 9.08. The lowest BCUT2D eigenvalue weighted by Crippen LogP contribution is -2.46. The molecule has 3 aliphatic rings. The number of likely N-dealkylation sites (tertiary alicyclic amines) is 1. The summed E-state index contributed by atoms with van der Waals surface area (Å²) in [5, 5.41) is 5.99. The summed E-state index contributed by atoms with van der Waals surface area (Å²) in [5.41, 5.74) is 7.53. The minimum atomic E-state index is 0.0909. The lowest BCUT2D eigenvalue weighted by molar-refractivity contribution is -0.115. The first-order chi connectivity index (χ1) is 17.5. The number of aldehydes is 1. The molecule has 2 heterocycles. The van der Waals surface area contributed by atoms with Gasteiger partial charge in [-0.25, -0.2) is 0 Å². The third-order valence-electron chi connectivity index (χ3n) is 8.64. The number of carbonyl (C=O) groups is 1. The number of benzene rings is 2. The maximum absolute atomic E-state index is 10.9. The number of aryl methyl sites for hydroxylation is 2. The molecule has 0 spiro atoms. The van der Waals surface area contributed by atoms with Crippen LogP contribution in [0.4, 0.5) is 0 Å². The SMILES string of the molecule is O=CC1CN(Cc2ccc3c(c2)CCc2c-3noc2CCC2(c3cc(Cl)cc(Cl)c3)CCCCC2)C1. The highest BCUT2D eigenvalue weighted by molar-refractivity contribution is 6.34. The monoisotopic (exact) mass is 522 g/mol. The number of aromatic nitrogens is 1. The highest BCUT2D eigenvalue weighted by Gasteiger charge is 2.35. The van der Waals surface area contributed by atoms with Crippen LogP contribution < -0.4 is 0 Å². The van der Waals surface area contributed by atoms with Gasteiger partial charge >= 0.3 is 0 Å². The molecule has 36 heavy (non-hydrogen) atoms. The highest BCUT2D eigenvalue weighted by Crippen LogP contribution is 2.45. The van der Waals surface area contributed by atoms with Crippen molar-refractivity contribution in [1.82, 2.24) is 10.1 Å². The Kier molecular flexibility index (Phi) is 6.70. The van der Waals surface area contributed by atoms with Gasteiger partial charge in [-0.3, -0.25) is 4.90 Å². The van der Waals surface area contributed by atoms with Crippen LogP contribution in [0.3, 0.4) is 0 Å². The predicted molar refractivity (Wildman–Crippen MR) is 144 cm³/mol. The molecule has 1 aromatic heterocycles. The molecule has 0 bridgehead atoms. The summed E-state index contributed by atoms with van der Waals surface area (Å²) >= 11 is 12.8. The second-order valence-corrected chi connectivity index (χ2v) is 11.9. The summed E-state index contributed by atoms with van der Waals surface area (Å²) in [6, 6.07) is 12.8. The van der Waals surface area contributed by atoms with Gasteiger partial charge in [0.05, 0.1) is 0 Å². The molecule has 0 unspecified atom stereocenters. The first-order valence-corrected chi connectivity index (χ1v) is 14.0. The zero-order valence-electron chi connectivity index (χ0n) is 20.6. The molecule has 6 heteroatoms. The zero-order valence-corrected chi connectivity index (χ0v) is 22.1. The zero-order chi connectivity index (χ0) is 24.7. The van der Waals surface area contributed by atoms with Gasteiger partial charge in [0.25, 0.3) is 0 Å². The fourth-order valence-corrected chi connectivity index (χ4v) is 7.19. The Morgan fingerprint density at radius 1 is 1.03 bits per heavy atom. The van der Waals surface area contributed by atoms with Crippen molar-refractivity contribution in [2.24, 2.45) is 5.92 Å². The normalized spacial score (nSPS) is 19.4. The fraction of sp³-hybridized carbons (Fsp3) is 0.467. The molecule has 188 valence electrons. The van der Waals surface area contributed by atoms with Crippen molar-refractivity contribution in [2.75, 3.05) is 13.1 Å². The van der Waals surface area contributed by atoms with Crippen LogP contribution in [0.25, 0.3) is 11.3 Å². The molecular weight excluding hydrogens is 491 g/mol. The molecular formula is C30H32Cl2N2O2. The first kappa shape index (κ1) is 24.2. The van der Waals surface area contributed by atoms with Crippen molar-refractivity contribution in [3.05, 3.63) is 74.5 Å². The van der Waals surface area contributed by atoms with Crippen molar-refractivity contribution in [3.8, 4) is 11.3 Å². The number of carbonyl (C=O) groups excluding carboxylic acids is 1. The number of fused-ring (bicyclic) bond motifs is 3. The number of hydrogen-bond acceptors (Lipinski definition) is 4. The Labute approximate surface area is 222 Å². The van der Waals surface area contributed by atoms with E-state index < -0.39 is 0 Å². The van der Waals surface area contributed by atoms with E-state index in [2.05, 4.69) is 40.4 Å². The van der Waals surface area contributed by atoms with Crippen molar-refractivity contribution in [2.45, 2.75) is 69.7 Å². The summed E-state index contributed by atoms with van der Waals surface area (Å²) in [5.74, 6) is 1.25. The minimum absolute atomic E-state index is 0.0909. The van der Waals surface area contributed by atoms with Gasteiger partial charge in [0.2, 0.25) is 0 Å². The van der Waals surface area contributed by atoms with Gasteiger partial charge in [-0.2, -0.15) is 0 Å². The van der Waals surface area contributed by atoms with E-state index >= 15 is 0 Å². The summed E-state index contributed by atoms with van der Waals surface area (Å²) in [4.78, 5) is 13.2. The Morgan fingerprint density at radius 3 is 2.56 bits per heavy atom. The number of nitrogens with zero attached hydrogens (tertiary/aromatic N) is 2. The Hall–Kier alpha value is -2.14. The number of rotatable bonds is 7. The van der Waals surface area contributed by atoms with Crippen LogP contribution >= 0.6 is 23.2 Å². The average Bonchev–Trinajstić information content (AvgIpc) is 3.28. The molecule has 6 rings (SSSR count). The largest absolute Gasteiger partial charge is 0.360 e. The van der Waals surface area contributed by atoms with E-state index in [1.807, 2.05) is 6.07 Å². The van der Waals surface area contributed by atoms with Crippen molar-refractivity contribution in [3.63, 3.8) is 0 Å². The highest BCUT2D eigenvalue weighted by atomic mass is 35.5. The van der Waals surface area contributed by atoms with E-state index in [4.69, 9.17) is 27.7 Å². The molecule has 4 nitrogen and oxygen atoms in total. The van der Waals surface area contributed by atoms with Gasteiger partial charge in [0.1, 0.15) is 17.7 Å². The van der Waals surface area contributed by atoms with Crippen LogP contribution in [0.5, 0.6) is 0 Å². The topological polar surface area (TPSA) is 46.3 Å². The molecule has 1 aliphatic heterocycles. The molecule has 1 saturated heterocycles. The maximum atomic E-state index is 10.9. The van der Waals surface area contributed by atoms with E-state index in [1.54, 1.807) is 0 Å². The van der Waals surface area contributed by atoms with Gasteiger partial charge in [-0.05, 0) is 72.4 Å². The molecule has 2 aliphatic carbocycles. The van der Waals surface area contributed by atoms with Crippen LogP contribution in [-0.4, -0.2) is 29.4 Å². The van der Waals surface area contributed by atoms with Crippen LogP contribution in [0.1, 0.15) is 66.5 Å². The summed E-state index contributed by atoms with van der Waals surface area (Å²) in [7, 11) is 0. The van der Waals surface area contributed by atoms with E-state index in [-0.39, 0.29) is 11.3 Å². The Bertz CT molecular complexity index is 1250. The van der Waals surface area contributed by atoms with E-state index in [9.17, 15) is 4.79 Å². The Morgan fingerprint density at radius 2 is 1.81 bits per heavy atom. The molecule has 2 aromatic carbocycles. The van der Waals surface area contributed by atoms with E-state index in [1.165, 1.54) is 47.1 Å². The second-order valence-electron chi connectivity index (χ2n) is 11.0. The van der Waals surface area contributed by atoms with Crippen molar-refractivity contribution >= 4 is 29.5 Å². The maximum Gasteiger partial charge on any atom is 0.140 e. The fourth-order valence-electron chi connectivity index (χ4n) is 6.66. The molecule has 2 fully saturated rings. The minimum Gasteiger partial charge on any atom is -0.360 e. The van der Waals surface area contributed by atoms with Gasteiger partial charge < -0.3 is 9.32 Å². The van der Waals surface area contributed by atoms with E-state index in [0.29, 0.717) is 10.0 Å². The van der Waals surface area contributed by atoms with Crippen LogP contribution in [0.15, 0.2) is 40.9 Å². The lowest BCUT2D eigenvalue weighted by atomic mass is 9.66. The van der Waals surface area contributed by atoms with Gasteiger partial charge in [-0.1, -0.05) is 65.8 Å². The van der Waals surface area contributed by atoms with E-state index in [0.717, 1.165) is 75.9 Å². The number of halogens is 2. The molecule has 3 aromatic rings. The molecule has 1 saturated carbocycles. The first-order valence-electron chi connectivity index (χ1n) is 13.3. The second kappa shape index (κ2) is 9.96. The summed E-state index contributed by atoms with van der Waals surface area (Å²) in [6.07, 6.45) is 11.1. The standard InChI is InChI=1S/C30H32Cl2N2O2/c31-24-13-23(14-25(32)15-24)30(9-2-1-3-10-30)11-8-28-27-7-5-22-12-20(16-34-17-21(18-34)19-35)4-6-26(22)29(27)33-36-28/h4,6,12-15,19,21H,1-3,5,7-11,16-18H2. The molecule has 0 atom stereocenters. The van der Waals surface area contributed by atoms with Crippen LogP contribution in [0.2, 0.25) is 10.0 Å². The third kappa shape index (κ3) is 4.64. The summed E-state index contributed by atoms with van der Waals surface area (Å²) < 4.78 is 6.00. The molecule has 0 radical (unpaired) electrons. The van der Waals surface area contributed by atoms with Gasteiger partial charge in [0.15, 0.2) is 0 Å². The van der Waals surface area contributed by atoms with Gasteiger partial charge in [-0.15, -0.1) is 0 Å². The quantitative estimate of drug-likeness (QED) is 0.307. The molecule has 0 N–H and O–H groups in total. The Balaban J connectivity index is 1.20. The van der Waals surface area contributed by atoms with Crippen molar-refractivity contribution < 1.29 is 9.32 Å². The average molecular weight is 524 g/mol. The van der Waals surface area contributed by atoms with Crippen molar-refractivity contribution in [1.29, 1.82) is 0 Å². The predicted octanol–water partition coefficient (Wildman–Crippen LogP) is 7.21. The van der Waals surface area contributed by atoms with Crippen LogP contribution in [0, 0.1) is 5.92 Å². The number of hydrogen-bond donors (Lipinski definition) is 0. The van der Waals surface area contributed by atoms with Crippen LogP contribution in [-0.2, 0) is 36.0 Å². The lowest BCUT2D eigenvalue weighted by Gasteiger charge is -2.38. The molecule has 0 amide bonds. The van der Waals surface area contributed by atoms with Gasteiger partial charge in [0, 0.05) is 53.1 Å².